The van der Waals surface area contributed by atoms with Crippen molar-refractivity contribution in [1.82, 2.24) is 0 Å². The van der Waals surface area contributed by atoms with Crippen LogP contribution < -0.4 is 0 Å². The SMILES string of the molecule is BrCC=Cc1ccccc1.C=C(C)C.C=CC(=C)C. The average molecular weight is 321 g/mol. The molecule has 0 unspecified atom stereocenters. The Kier molecular flexibility index (Phi) is 15.5. The van der Waals surface area contributed by atoms with E-state index in [-0.39, 0.29) is 0 Å². The molecule has 0 bridgehead atoms. The Hall–Kier alpha value is -1.34. The van der Waals surface area contributed by atoms with Gasteiger partial charge in [0.05, 0.1) is 0 Å². The summed E-state index contributed by atoms with van der Waals surface area (Å²) >= 11 is 3.32. The molecule has 0 N–H and O–H groups in total. The van der Waals surface area contributed by atoms with Crippen LogP contribution in [0.3, 0.4) is 0 Å². The van der Waals surface area contributed by atoms with Crippen molar-refractivity contribution in [3.63, 3.8) is 0 Å². The molecule has 0 spiro atoms. The molecule has 0 aromatic heterocycles. The molecule has 0 aliphatic carbocycles. The highest BCUT2D eigenvalue weighted by atomic mass is 79.9. The average Bonchev–Trinajstić information content (AvgIpc) is 2.37. The number of alkyl halides is 1. The molecule has 19 heavy (non-hydrogen) atoms. The molecule has 1 rings (SSSR count). The highest BCUT2D eigenvalue weighted by Gasteiger charge is 1.79. The summed E-state index contributed by atoms with van der Waals surface area (Å²) in [6.45, 7) is 16.4. The number of hydrogen-bond acceptors (Lipinski definition) is 0. The second-order valence-corrected chi connectivity index (χ2v) is 4.87. The maximum absolute atomic E-state index is 3.56. The molecule has 1 aromatic carbocycles. The lowest BCUT2D eigenvalue weighted by Gasteiger charge is -1.88. The lowest BCUT2D eigenvalue weighted by molar-refractivity contribution is 1.42. The van der Waals surface area contributed by atoms with E-state index in [1.54, 1.807) is 6.08 Å². The molecule has 0 aliphatic heterocycles. The van der Waals surface area contributed by atoms with Crippen molar-refractivity contribution < 1.29 is 0 Å². The molecule has 1 aromatic rings. The summed E-state index contributed by atoms with van der Waals surface area (Å²) in [6, 6.07) is 10.3. The molecule has 0 amide bonds. The first-order chi connectivity index (χ1) is 8.93. The van der Waals surface area contributed by atoms with Crippen molar-refractivity contribution in [2.75, 3.05) is 5.33 Å². The van der Waals surface area contributed by atoms with Crippen molar-refractivity contribution in [3.05, 3.63) is 78.9 Å². The second kappa shape index (κ2) is 14.7. The summed E-state index contributed by atoms with van der Waals surface area (Å²) in [7, 11) is 0. The van der Waals surface area contributed by atoms with E-state index in [0.717, 1.165) is 10.9 Å². The fraction of sp³-hybridized carbons (Fsp3) is 0.222. The lowest BCUT2D eigenvalue weighted by Crippen LogP contribution is -1.67. The molecular weight excluding hydrogens is 296 g/mol. The third-order valence-electron chi connectivity index (χ3n) is 1.55. The third kappa shape index (κ3) is 22.3. The van der Waals surface area contributed by atoms with Crippen molar-refractivity contribution >= 4 is 22.0 Å². The minimum absolute atomic E-state index is 0.919. The molecule has 1 heteroatoms. The van der Waals surface area contributed by atoms with E-state index in [9.17, 15) is 0 Å². The first-order valence-electron chi connectivity index (χ1n) is 6.11. The lowest BCUT2D eigenvalue weighted by atomic mass is 10.2. The summed E-state index contributed by atoms with van der Waals surface area (Å²) in [5.41, 5.74) is 3.44. The van der Waals surface area contributed by atoms with E-state index in [2.05, 4.69) is 60.0 Å². The van der Waals surface area contributed by atoms with E-state index in [4.69, 9.17) is 0 Å². The molecule has 0 saturated carbocycles. The number of hydrogen-bond donors (Lipinski definition) is 0. The largest absolute Gasteiger partial charge is 0.100 e. The van der Waals surface area contributed by atoms with Crippen LogP contribution in [-0.4, -0.2) is 5.33 Å². The molecule has 0 heterocycles. The third-order valence-corrected chi connectivity index (χ3v) is 1.92. The highest BCUT2D eigenvalue weighted by molar-refractivity contribution is 9.09. The smallest absolute Gasteiger partial charge is 0.0215 e. The minimum atomic E-state index is 0.919. The Bertz CT molecular complexity index is 381. The predicted molar refractivity (Wildman–Crippen MR) is 94.8 cm³/mol. The van der Waals surface area contributed by atoms with Crippen molar-refractivity contribution in [2.24, 2.45) is 0 Å². The number of allylic oxidation sites excluding steroid dienone is 4. The van der Waals surface area contributed by atoms with Crippen LogP contribution in [0.4, 0.5) is 0 Å². The maximum atomic E-state index is 3.56. The number of rotatable bonds is 3. The summed E-state index contributed by atoms with van der Waals surface area (Å²) < 4.78 is 0. The van der Waals surface area contributed by atoms with Gasteiger partial charge in [-0.25, -0.2) is 0 Å². The van der Waals surface area contributed by atoms with Gasteiger partial charge in [0.2, 0.25) is 0 Å². The first kappa shape index (κ1) is 20.0. The number of halogens is 1. The summed E-state index contributed by atoms with van der Waals surface area (Å²) in [6.07, 6.45) is 5.89. The summed E-state index contributed by atoms with van der Waals surface area (Å²) in [5, 5.41) is 0.919. The summed E-state index contributed by atoms with van der Waals surface area (Å²) in [4.78, 5) is 0. The van der Waals surface area contributed by atoms with Gasteiger partial charge in [-0.05, 0) is 26.3 Å². The van der Waals surface area contributed by atoms with Crippen molar-refractivity contribution in [2.45, 2.75) is 20.8 Å². The van der Waals surface area contributed by atoms with Gasteiger partial charge in [-0.1, -0.05) is 88.8 Å². The van der Waals surface area contributed by atoms with Gasteiger partial charge in [0.15, 0.2) is 0 Å². The summed E-state index contributed by atoms with van der Waals surface area (Å²) in [5.74, 6) is 0. The fourth-order valence-corrected chi connectivity index (χ4v) is 0.932. The maximum Gasteiger partial charge on any atom is 0.0215 e. The van der Waals surface area contributed by atoms with Gasteiger partial charge in [0.25, 0.3) is 0 Å². The van der Waals surface area contributed by atoms with Crippen LogP contribution in [0.15, 0.2) is 73.4 Å². The quantitative estimate of drug-likeness (QED) is 0.342. The van der Waals surface area contributed by atoms with E-state index in [0.29, 0.717) is 0 Å². The van der Waals surface area contributed by atoms with E-state index in [1.807, 2.05) is 39.0 Å². The van der Waals surface area contributed by atoms with Crippen LogP contribution in [0.2, 0.25) is 0 Å². The zero-order valence-corrected chi connectivity index (χ0v) is 13.9. The Morgan fingerprint density at radius 2 is 1.53 bits per heavy atom. The van der Waals surface area contributed by atoms with E-state index < -0.39 is 0 Å². The van der Waals surface area contributed by atoms with Gasteiger partial charge in [-0.3, -0.25) is 0 Å². The molecule has 104 valence electrons. The molecule has 0 atom stereocenters. The van der Waals surface area contributed by atoms with Gasteiger partial charge in [-0.2, -0.15) is 0 Å². The Morgan fingerprint density at radius 3 is 1.84 bits per heavy atom. The molecule has 0 aliphatic rings. The van der Waals surface area contributed by atoms with Gasteiger partial charge < -0.3 is 0 Å². The Labute approximate surface area is 127 Å². The van der Waals surface area contributed by atoms with E-state index >= 15 is 0 Å². The Balaban J connectivity index is 0. The van der Waals surface area contributed by atoms with Crippen LogP contribution >= 0.6 is 15.9 Å². The van der Waals surface area contributed by atoms with Crippen LogP contribution in [0.25, 0.3) is 6.08 Å². The number of benzene rings is 1. The second-order valence-electron chi connectivity index (χ2n) is 4.22. The standard InChI is InChI=1S/C9H9Br.C5H8.C4H8/c10-8-4-7-9-5-2-1-3-6-9;1-4-5(2)3;1-4(2)3/h1-7H,8H2;4H,1-2H2,3H3;1H2,2-3H3. The van der Waals surface area contributed by atoms with Crippen LogP contribution in [0.1, 0.15) is 26.3 Å². The molecule has 0 radical (unpaired) electrons. The van der Waals surface area contributed by atoms with Crippen LogP contribution in [-0.2, 0) is 0 Å². The fourth-order valence-electron chi connectivity index (χ4n) is 0.745. The topological polar surface area (TPSA) is 0 Å². The molecule has 0 nitrogen and oxygen atoms in total. The highest BCUT2D eigenvalue weighted by Crippen LogP contribution is 2.00. The van der Waals surface area contributed by atoms with Crippen molar-refractivity contribution in [1.29, 1.82) is 0 Å². The van der Waals surface area contributed by atoms with Crippen molar-refractivity contribution in [3.8, 4) is 0 Å². The van der Waals surface area contributed by atoms with Gasteiger partial charge >= 0.3 is 0 Å². The zero-order chi connectivity index (χ0) is 15.1. The van der Waals surface area contributed by atoms with E-state index in [1.165, 1.54) is 11.1 Å². The zero-order valence-electron chi connectivity index (χ0n) is 12.3. The normalized spacial score (nSPS) is 8.63. The molecular formula is C18H25Br. The monoisotopic (exact) mass is 320 g/mol. The molecule has 0 fully saturated rings. The molecule has 0 saturated heterocycles. The Morgan fingerprint density at radius 1 is 1.11 bits per heavy atom. The predicted octanol–water partition coefficient (Wildman–Crippen LogP) is 6.43. The van der Waals surface area contributed by atoms with Gasteiger partial charge in [0, 0.05) is 5.33 Å². The van der Waals surface area contributed by atoms with Gasteiger partial charge in [-0.15, -0.1) is 6.58 Å². The minimum Gasteiger partial charge on any atom is -0.100 e. The van der Waals surface area contributed by atoms with Crippen LogP contribution in [0, 0.1) is 0 Å². The first-order valence-corrected chi connectivity index (χ1v) is 7.23. The van der Waals surface area contributed by atoms with Crippen LogP contribution in [0.5, 0.6) is 0 Å². The van der Waals surface area contributed by atoms with Gasteiger partial charge in [0.1, 0.15) is 0 Å².